The first-order chi connectivity index (χ1) is 6.57. The number of piperazine rings is 1. The topological polar surface area (TPSA) is 69.6 Å². The Bertz CT molecular complexity index is 240. The van der Waals surface area contributed by atoms with Crippen molar-refractivity contribution in [3.05, 3.63) is 0 Å². The van der Waals surface area contributed by atoms with Crippen LogP contribution < -0.4 is 5.32 Å². The van der Waals surface area contributed by atoms with Gasteiger partial charge in [-0.2, -0.15) is 0 Å². The second kappa shape index (κ2) is 4.41. The molecule has 5 nitrogen and oxygen atoms in total. The molecule has 1 aliphatic rings. The van der Waals surface area contributed by atoms with Gasteiger partial charge in [-0.25, -0.2) is 0 Å². The molecule has 2 N–H and O–H groups in total. The lowest BCUT2D eigenvalue weighted by atomic mass is 10.0. The molecule has 1 fully saturated rings. The molecule has 1 saturated heterocycles. The van der Waals surface area contributed by atoms with Crippen molar-refractivity contribution in [3.63, 3.8) is 0 Å². The zero-order chi connectivity index (χ0) is 10.7. The highest BCUT2D eigenvalue weighted by Crippen LogP contribution is 2.13. The van der Waals surface area contributed by atoms with Gasteiger partial charge in [0.1, 0.15) is 0 Å². The summed E-state index contributed by atoms with van der Waals surface area (Å²) in [6.07, 6.45) is 0. The Morgan fingerprint density at radius 3 is 2.71 bits per heavy atom. The van der Waals surface area contributed by atoms with Crippen LogP contribution >= 0.6 is 0 Å². The van der Waals surface area contributed by atoms with Crippen LogP contribution in [-0.2, 0) is 9.59 Å². The van der Waals surface area contributed by atoms with Crippen LogP contribution in [0.15, 0.2) is 0 Å². The minimum Gasteiger partial charge on any atom is -0.395 e. The van der Waals surface area contributed by atoms with Crippen LogP contribution in [0.3, 0.4) is 0 Å². The Labute approximate surface area is 83.1 Å². The lowest BCUT2D eigenvalue weighted by Gasteiger charge is -2.37. The molecular weight excluding hydrogens is 184 g/mol. The van der Waals surface area contributed by atoms with E-state index in [-0.39, 0.29) is 25.1 Å². The number of hydrogen-bond donors (Lipinski definition) is 2. The van der Waals surface area contributed by atoms with E-state index < -0.39 is 11.8 Å². The van der Waals surface area contributed by atoms with Gasteiger partial charge >= 0.3 is 11.8 Å². The summed E-state index contributed by atoms with van der Waals surface area (Å²) in [4.78, 5) is 23.9. The molecule has 1 unspecified atom stereocenters. The number of aliphatic hydroxyl groups excluding tert-OH is 1. The molecule has 0 saturated carbocycles. The Hall–Kier alpha value is -1.10. The Kier molecular flexibility index (Phi) is 3.46. The van der Waals surface area contributed by atoms with Crippen LogP contribution in [0.2, 0.25) is 0 Å². The molecule has 1 heterocycles. The van der Waals surface area contributed by atoms with Crippen LogP contribution in [0, 0.1) is 5.92 Å². The molecule has 0 bridgehead atoms. The molecule has 1 rings (SSSR count). The summed E-state index contributed by atoms with van der Waals surface area (Å²) in [6, 6.07) is -0.00708. The molecule has 0 radical (unpaired) electrons. The number of nitrogens with zero attached hydrogens (tertiary/aromatic N) is 1. The third-order valence-corrected chi connectivity index (χ3v) is 2.44. The monoisotopic (exact) mass is 200 g/mol. The second-order valence-electron chi connectivity index (χ2n) is 3.74. The number of rotatable bonds is 3. The Morgan fingerprint density at radius 2 is 2.21 bits per heavy atom. The maximum absolute atomic E-state index is 11.4. The van der Waals surface area contributed by atoms with E-state index in [4.69, 9.17) is 5.11 Å². The van der Waals surface area contributed by atoms with E-state index >= 15 is 0 Å². The van der Waals surface area contributed by atoms with Crippen molar-refractivity contribution in [1.29, 1.82) is 0 Å². The van der Waals surface area contributed by atoms with Crippen molar-refractivity contribution < 1.29 is 14.7 Å². The average molecular weight is 200 g/mol. The number of aliphatic hydroxyl groups is 1. The van der Waals surface area contributed by atoms with E-state index in [1.165, 1.54) is 4.90 Å². The lowest BCUT2D eigenvalue weighted by molar-refractivity contribution is -0.151. The molecular formula is C9H16N2O3. The SMILES string of the molecule is CC(C)C1CNC(=O)C(=O)N1CCO. The number of hydrogen-bond acceptors (Lipinski definition) is 3. The summed E-state index contributed by atoms with van der Waals surface area (Å²) >= 11 is 0. The fraction of sp³-hybridized carbons (Fsp3) is 0.778. The van der Waals surface area contributed by atoms with Crippen molar-refractivity contribution in [2.24, 2.45) is 5.92 Å². The standard InChI is InChI=1S/C9H16N2O3/c1-6(2)7-5-10-8(13)9(14)11(7)3-4-12/h6-7,12H,3-5H2,1-2H3,(H,10,13). The highest BCUT2D eigenvalue weighted by molar-refractivity contribution is 6.35. The van der Waals surface area contributed by atoms with E-state index in [9.17, 15) is 9.59 Å². The molecule has 1 atom stereocenters. The number of β-amino-alcohol motifs (C(OH)–C–C–N with tert-alkyl or cyclic N) is 1. The number of carbonyl (C=O) groups excluding carboxylic acids is 2. The van der Waals surface area contributed by atoms with Gasteiger partial charge in [0.15, 0.2) is 0 Å². The quantitative estimate of drug-likeness (QED) is 0.572. The van der Waals surface area contributed by atoms with Gasteiger partial charge in [-0.1, -0.05) is 13.8 Å². The van der Waals surface area contributed by atoms with E-state index in [0.29, 0.717) is 6.54 Å². The van der Waals surface area contributed by atoms with Crippen molar-refractivity contribution in [2.45, 2.75) is 19.9 Å². The van der Waals surface area contributed by atoms with Crippen molar-refractivity contribution in [3.8, 4) is 0 Å². The van der Waals surface area contributed by atoms with Gasteiger partial charge in [0.2, 0.25) is 0 Å². The molecule has 14 heavy (non-hydrogen) atoms. The number of nitrogens with one attached hydrogen (secondary N) is 1. The van der Waals surface area contributed by atoms with Gasteiger partial charge in [-0.15, -0.1) is 0 Å². The largest absolute Gasteiger partial charge is 0.395 e. The van der Waals surface area contributed by atoms with E-state index in [1.54, 1.807) is 0 Å². The summed E-state index contributed by atoms with van der Waals surface area (Å²) in [5, 5.41) is 11.3. The molecule has 5 heteroatoms. The van der Waals surface area contributed by atoms with Gasteiger partial charge in [0.05, 0.1) is 12.6 Å². The summed E-state index contributed by atoms with van der Waals surface area (Å²) in [5.41, 5.74) is 0. The highest BCUT2D eigenvalue weighted by Gasteiger charge is 2.34. The van der Waals surface area contributed by atoms with Crippen LogP contribution in [0.4, 0.5) is 0 Å². The van der Waals surface area contributed by atoms with Crippen LogP contribution in [0.5, 0.6) is 0 Å². The molecule has 0 spiro atoms. The highest BCUT2D eigenvalue weighted by atomic mass is 16.3. The van der Waals surface area contributed by atoms with Crippen LogP contribution in [0.25, 0.3) is 0 Å². The molecule has 1 aliphatic heterocycles. The number of carbonyl (C=O) groups is 2. The molecule has 2 amide bonds. The first kappa shape index (κ1) is 11.0. The minimum atomic E-state index is -0.574. The first-order valence-corrected chi connectivity index (χ1v) is 4.77. The van der Waals surface area contributed by atoms with Crippen LogP contribution in [-0.4, -0.2) is 47.6 Å². The van der Waals surface area contributed by atoms with Gasteiger partial charge in [0, 0.05) is 13.1 Å². The van der Waals surface area contributed by atoms with E-state index in [0.717, 1.165) is 0 Å². The molecule has 80 valence electrons. The molecule has 0 aromatic rings. The van der Waals surface area contributed by atoms with Crippen molar-refractivity contribution >= 4 is 11.8 Å². The maximum Gasteiger partial charge on any atom is 0.312 e. The summed E-state index contributed by atoms with van der Waals surface area (Å²) in [7, 11) is 0. The Balaban J connectivity index is 2.76. The summed E-state index contributed by atoms with van der Waals surface area (Å²) in [5.74, 6) is -0.842. The number of amides is 2. The zero-order valence-corrected chi connectivity index (χ0v) is 8.49. The van der Waals surface area contributed by atoms with Crippen LogP contribution in [0.1, 0.15) is 13.8 Å². The second-order valence-corrected chi connectivity index (χ2v) is 3.74. The van der Waals surface area contributed by atoms with Crippen molar-refractivity contribution in [1.82, 2.24) is 10.2 Å². The van der Waals surface area contributed by atoms with Gasteiger partial charge in [-0.3, -0.25) is 9.59 Å². The third-order valence-electron chi connectivity index (χ3n) is 2.44. The minimum absolute atomic E-state index is 0.00708. The molecule has 0 aliphatic carbocycles. The summed E-state index contributed by atoms with van der Waals surface area (Å²) in [6.45, 7) is 4.57. The van der Waals surface area contributed by atoms with E-state index in [1.807, 2.05) is 13.8 Å². The summed E-state index contributed by atoms with van der Waals surface area (Å²) < 4.78 is 0. The van der Waals surface area contributed by atoms with Gasteiger partial charge in [-0.05, 0) is 5.92 Å². The molecule has 0 aromatic carbocycles. The predicted octanol–water partition coefficient (Wildman–Crippen LogP) is -1.04. The third kappa shape index (κ3) is 2.04. The fourth-order valence-electron chi connectivity index (χ4n) is 1.63. The Morgan fingerprint density at radius 1 is 1.57 bits per heavy atom. The van der Waals surface area contributed by atoms with E-state index in [2.05, 4.69) is 5.32 Å². The molecule has 0 aromatic heterocycles. The normalized spacial score (nSPS) is 22.9. The van der Waals surface area contributed by atoms with Gasteiger partial charge < -0.3 is 15.3 Å². The smallest absolute Gasteiger partial charge is 0.312 e. The lowest BCUT2D eigenvalue weighted by Crippen LogP contribution is -2.60. The maximum atomic E-state index is 11.4. The first-order valence-electron chi connectivity index (χ1n) is 4.77. The zero-order valence-electron chi connectivity index (χ0n) is 8.49. The fourth-order valence-corrected chi connectivity index (χ4v) is 1.63. The van der Waals surface area contributed by atoms with Gasteiger partial charge in [0.25, 0.3) is 0 Å². The van der Waals surface area contributed by atoms with Crippen molar-refractivity contribution in [2.75, 3.05) is 19.7 Å². The average Bonchev–Trinajstić information content (AvgIpc) is 2.13. The predicted molar refractivity (Wildman–Crippen MR) is 50.4 cm³/mol.